The molecule has 1 unspecified atom stereocenters. The molecular formula is C44H34N3OP. The summed E-state index contributed by atoms with van der Waals surface area (Å²) in [4.78, 5) is 6.73. The molecule has 0 bridgehead atoms. The van der Waals surface area contributed by atoms with E-state index in [-0.39, 0.29) is 5.41 Å². The molecule has 1 aliphatic rings. The fourth-order valence-electron chi connectivity index (χ4n) is 7.76. The van der Waals surface area contributed by atoms with Crippen molar-refractivity contribution in [2.45, 2.75) is 19.3 Å². The zero-order chi connectivity index (χ0) is 33.2. The maximum absolute atomic E-state index is 15.0. The van der Waals surface area contributed by atoms with E-state index in [1.165, 1.54) is 33.3 Å². The Bertz CT molecular complexity index is 2460. The van der Waals surface area contributed by atoms with Crippen molar-refractivity contribution in [2.75, 3.05) is 4.90 Å². The van der Waals surface area contributed by atoms with Crippen molar-refractivity contribution >= 4 is 61.9 Å². The third-order valence-corrected chi connectivity index (χ3v) is 13.2. The second-order valence-electron chi connectivity index (χ2n) is 13.2. The maximum Gasteiger partial charge on any atom is 0.172 e. The fraction of sp³-hybridized carbons (Fsp3) is 0.0682. The van der Waals surface area contributed by atoms with Gasteiger partial charge in [0, 0.05) is 55.9 Å². The number of fused-ring (bicyclic) bond motifs is 5. The van der Waals surface area contributed by atoms with Gasteiger partial charge in [0.05, 0.1) is 22.4 Å². The van der Waals surface area contributed by atoms with Gasteiger partial charge in [-0.25, -0.2) is 0 Å². The molecule has 6 aromatic carbocycles. The van der Waals surface area contributed by atoms with Crippen LogP contribution < -0.4 is 20.8 Å². The Balaban J connectivity index is 1.20. The second kappa shape index (κ2) is 11.2. The van der Waals surface area contributed by atoms with Crippen molar-refractivity contribution in [1.82, 2.24) is 9.55 Å². The lowest BCUT2D eigenvalue weighted by atomic mass is 9.73. The summed E-state index contributed by atoms with van der Waals surface area (Å²) in [6.45, 7) is 4.64. The van der Waals surface area contributed by atoms with Crippen LogP contribution >= 0.6 is 7.14 Å². The molecule has 5 heteroatoms. The lowest BCUT2D eigenvalue weighted by Gasteiger charge is -2.42. The predicted octanol–water partition coefficient (Wildman–Crippen LogP) is 9.93. The van der Waals surface area contributed by atoms with Gasteiger partial charge in [0.2, 0.25) is 0 Å². The van der Waals surface area contributed by atoms with Gasteiger partial charge in [0.1, 0.15) is 0 Å². The van der Waals surface area contributed by atoms with E-state index in [0.29, 0.717) is 0 Å². The molecule has 0 aliphatic carbocycles. The van der Waals surface area contributed by atoms with Gasteiger partial charge in [0.25, 0.3) is 0 Å². The molecule has 0 N–H and O–H groups in total. The van der Waals surface area contributed by atoms with E-state index >= 15 is 0 Å². The lowest BCUT2D eigenvalue weighted by Crippen LogP contribution is -2.30. The van der Waals surface area contributed by atoms with Crippen LogP contribution in [0.3, 0.4) is 0 Å². The van der Waals surface area contributed by atoms with Gasteiger partial charge in [0.15, 0.2) is 7.14 Å². The van der Waals surface area contributed by atoms with Gasteiger partial charge in [-0.1, -0.05) is 98.8 Å². The molecule has 4 nitrogen and oxygen atoms in total. The SMILES string of the molecule is CC1(C)c2ccccc2N(c2ccc3c(c2)c2ccccc2n3-c2ccc(P(=O)(c3ccccc3)c3cccnc3)cc2)c2ccccc21. The number of nitrogens with zero attached hydrogens (tertiary/aromatic N) is 3. The molecule has 236 valence electrons. The number of para-hydroxylation sites is 3. The highest BCUT2D eigenvalue weighted by atomic mass is 31.2. The molecule has 0 amide bonds. The van der Waals surface area contributed by atoms with E-state index in [1.807, 2.05) is 54.6 Å². The third-order valence-electron chi connectivity index (χ3n) is 10.2. The van der Waals surface area contributed by atoms with E-state index in [2.05, 4.69) is 131 Å². The smallest absolute Gasteiger partial charge is 0.172 e. The van der Waals surface area contributed by atoms with Crippen molar-refractivity contribution in [3.8, 4) is 5.69 Å². The lowest BCUT2D eigenvalue weighted by molar-refractivity contribution is 0.592. The first-order valence-corrected chi connectivity index (χ1v) is 18.4. The van der Waals surface area contributed by atoms with Crippen LogP contribution in [0, 0.1) is 0 Å². The van der Waals surface area contributed by atoms with Gasteiger partial charge in [-0.2, -0.15) is 0 Å². The largest absolute Gasteiger partial charge is 0.310 e. The highest BCUT2D eigenvalue weighted by Crippen LogP contribution is 2.52. The standard InChI is InChI=1S/C44H34N3OP/c1-44(2)38-17-7-10-20-42(38)47(43-21-11-8-18-39(43)44)32-24-27-41-37(29-32)36-16-6-9-19-40(36)46(41)31-22-25-34(26-23-31)49(48,33-13-4-3-5-14-33)35-15-12-28-45-30-35/h3-30H,1-2H3. The van der Waals surface area contributed by atoms with E-state index in [9.17, 15) is 4.57 Å². The summed E-state index contributed by atoms with van der Waals surface area (Å²) in [7, 11) is -3.13. The molecule has 0 saturated heterocycles. The molecule has 0 saturated carbocycles. The van der Waals surface area contributed by atoms with Crippen LogP contribution in [-0.4, -0.2) is 9.55 Å². The van der Waals surface area contributed by atoms with Crippen molar-refractivity contribution in [1.29, 1.82) is 0 Å². The van der Waals surface area contributed by atoms with Crippen LogP contribution in [0.4, 0.5) is 17.1 Å². The first kappa shape index (κ1) is 29.4. The zero-order valence-corrected chi connectivity index (χ0v) is 28.3. The van der Waals surface area contributed by atoms with Crippen LogP contribution in [0.1, 0.15) is 25.0 Å². The first-order chi connectivity index (χ1) is 24.0. The Labute approximate surface area is 286 Å². The average Bonchev–Trinajstić information content (AvgIpc) is 3.49. The molecule has 0 spiro atoms. The molecule has 49 heavy (non-hydrogen) atoms. The van der Waals surface area contributed by atoms with E-state index in [4.69, 9.17) is 0 Å². The number of pyridine rings is 1. The van der Waals surface area contributed by atoms with Gasteiger partial charge in [-0.3, -0.25) is 4.98 Å². The first-order valence-electron chi connectivity index (χ1n) is 16.7. The molecule has 0 radical (unpaired) electrons. The minimum Gasteiger partial charge on any atom is -0.310 e. The van der Waals surface area contributed by atoms with Gasteiger partial charge in [-0.15, -0.1) is 0 Å². The highest BCUT2D eigenvalue weighted by molar-refractivity contribution is 7.85. The minimum atomic E-state index is -3.13. The average molecular weight is 652 g/mol. The summed E-state index contributed by atoms with van der Waals surface area (Å²) >= 11 is 0. The van der Waals surface area contributed by atoms with Crippen LogP contribution in [0.15, 0.2) is 170 Å². The van der Waals surface area contributed by atoms with Crippen molar-refractivity contribution in [3.63, 3.8) is 0 Å². The Morgan fingerprint density at radius 2 is 1.10 bits per heavy atom. The Hall–Kier alpha value is -5.70. The second-order valence-corrected chi connectivity index (χ2v) is 16.0. The van der Waals surface area contributed by atoms with E-state index in [0.717, 1.165) is 38.3 Å². The Morgan fingerprint density at radius 1 is 0.531 bits per heavy atom. The molecule has 8 aromatic rings. The number of aromatic nitrogens is 2. The zero-order valence-electron chi connectivity index (χ0n) is 27.4. The fourth-order valence-corrected chi connectivity index (χ4v) is 10.3. The number of benzene rings is 6. The number of anilines is 3. The molecular weight excluding hydrogens is 617 g/mol. The molecule has 1 aliphatic heterocycles. The monoisotopic (exact) mass is 651 g/mol. The molecule has 3 heterocycles. The number of hydrogen-bond acceptors (Lipinski definition) is 3. The Morgan fingerprint density at radius 3 is 1.80 bits per heavy atom. The molecule has 0 fully saturated rings. The Kier molecular flexibility index (Phi) is 6.72. The topological polar surface area (TPSA) is 38.1 Å². The molecule has 2 aromatic heterocycles. The van der Waals surface area contributed by atoms with E-state index in [1.54, 1.807) is 12.4 Å². The summed E-state index contributed by atoms with van der Waals surface area (Å²) in [6, 6.07) is 54.7. The normalized spacial score (nSPS) is 14.7. The van der Waals surface area contributed by atoms with Crippen molar-refractivity contribution < 1.29 is 4.57 Å². The van der Waals surface area contributed by atoms with Gasteiger partial charge in [-0.05, 0) is 83.9 Å². The van der Waals surface area contributed by atoms with E-state index < -0.39 is 7.14 Å². The molecule has 9 rings (SSSR count). The number of hydrogen-bond donors (Lipinski definition) is 0. The third kappa shape index (κ3) is 4.45. The van der Waals surface area contributed by atoms with Gasteiger partial charge < -0.3 is 14.0 Å². The van der Waals surface area contributed by atoms with Crippen LogP contribution in [0.5, 0.6) is 0 Å². The summed E-state index contributed by atoms with van der Waals surface area (Å²) in [6.07, 6.45) is 3.45. The predicted molar refractivity (Wildman–Crippen MR) is 205 cm³/mol. The molecule has 1 atom stereocenters. The summed E-state index contributed by atoms with van der Waals surface area (Å²) in [5.74, 6) is 0. The minimum absolute atomic E-state index is 0.114. The van der Waals surface area contributed by atoms with Crippen molar-refractivity contribution in [2.24, 2.45) is 0 Å². The number of rotatable bonds is 5. The van der Waals surface area contributed by atoms with Gasteiger partial charge >= 0.3 is 0 Å². The summed E-state index contributed by atoms with van der Waals surface area (Å²) in [5, 5.41) is 4.67. The van der Waals surface area contributed by atoms with Crippen LogP contribution in [0.25, 0.3) is 27.5 Å². The maximum atomic E-state index is 15.0. The highest BCUT2D eigenvalue weighted by Gasteiger charge is 2.36. The summed E-state index contributed by atoms with van der Waals surface area (Å²) in [5.41, 5.74) is 9.33. The quantitative estimate of drug-likeness (QED) is 0.174. The van der Waals surface area contributed by atoms with Crippen molar-refractivity contribution in [3.05, 3.63) is 181 Å². The summed E-state index contributed by atoms with van der Waals surface area (Å²) < 4.78 is 17.3. The van der Waals surface area contributed by atoms with Crippen LogP contribution in [0.2, 0.25) is 0 Å². The van der Waals surface area contributed by atoms with Crippen LogP contribution in [-0.2, 0) is 9.98 Å².